The normalized spacial score (nSPS) is 10.3. The van der Waals surface area contributed by atoms with Crippen molar-refractivity contribution in [1.29, 1.82) is 0 Å². The van der Waals surface area contributed by atoms with Crippen molar-refractivity contribution < 1.29 is 9.59 Å². The molecule has 7 nitrogen and oxygen atoms in total. The van der Waals surface area contributed by atoms with E-state index in [1.54, 1.807) is 12.3 Å². The van der Waals surface area contributed by atoms with Gasteiger partial charge in [0.2, 0.25) is 5.91 Å². The molecule has 132 valence electrons. The highest BCUT2D eigenvalue weighted by Crippen LogP contribution is 2.03. The van der Waals surface area contributed by atoms with Crippen LogP contribution in [0.1, 0.15) is 34.5 Å². The molecule has 2 N–H and O–H groups in total. The third kappa shape index (κ3) is 6.21. The Kier molecular flexibility index (Phi) is 6.88. The number of benzene rings is 1. The van der Waals surface area contributed by atoms with Gasteiger partial charge in [0.15, 0.2) is 5.69 Å². The van der Waals surface area contributed by atoms with Crippen LogP contribution in [0.25, 0.3) is 0 Å². The highest BCUT2D eigenvalue weighted by molar-refractivity contribution is 5.91. The summed E-state index contributed by atoms with van der Waals surface area (Å²) >= 11 is 0. The van der Waals surface area contributed by atoms with E-state index in [9.17, 15) is 9.59 Å². The van der Waals surface area contributed by atoms with Crippen molar-refractivity contribution in [2.75, 3.05) is 6.54 Å². The zero-order chi connectivity index (χ0) is 18.1. The van der Waals surface area contributed by atoms with Gasteiger partial charge in [0, 0.05) is 19.5 Å². The Morgan fingerprint density at radius 2 is 2.00 bits per heavy atom. The van der Waals surface area contributed by atoms with Crippen molar-refractivity contribution in [2.24, 2.45) is 0 Å². The van der Waals surface area contributed by atoms with Crippen molar-refractivity contribution >= 4 is 11.8 Å². The van der Waals surface area contributed by atoms with Gasteiger partial charge in [-0.1, -0.05) is 41.1 Å². The molecule has 0 atom stereocenters. The smallest absolute Gasteiger partial charge is 0.273 e. The first-order chi connectivity index (χ1) is 12.1. The number of nitrogens with zero attached hydrogens (tertiary/aromatic N) is 3. The van der Waals surface area contributed by atoms with Gasteiger partial charge in [0.25, 0.3) is 5.91 Å². The van der Waals surface area contributed by atoms with Gasteiger partial charge in [0.1, 0.15) is 0 Å². The van der Waals surface area contributed by atoms with Crippen molar-refractivity contribution in [3.8, 4) is 0 Å². The van der Waals surface area contributed by atoms with Crippen LogP contribution in [0.15, 0.2) is 43.1 Å². The van der Waals surface area contributed by atoms with Gasteiger partial charge in [-0.2, -0.15) is 0 Å². The van der Waals surface area contributed by atoms with Crippen molar-refractivity contribution in [3.05, 3.63) is 59.9 Å². The maximum atomic E-state index is 12.1. The molecule has 0 radical (unpaired) electrons. The van der Waals surface area contributed by atoms with Crippen LogP contribution >= 0.6 is 0 Å². The van der Waals surface area contributed by atoms with E-state index in [1.807, 2.05) is 31.2 Å². The predicted molar refractivity (Wildman–Crippen MR) is 94.8 cm³/mol. The minimum absolute atomic E-state index is 0.0314. The fourth-order valence-corrected chi connectivity index (χ4v) is 2.12. The van der Waals surface area contributed by atoms with E-state index in [-0.39, 0.29) is 17.5 Å². The molecular weight excluding hydrogens is 318 g/mol. The quantitative estimate of drug-likeness (QED) is 0.678. The Morgan fingerprint density at radius 1 is 1.24 bits per heavy atom. The van der Waals surface area contributed by atoms with Gasteiger partial charge in [-0.05, 0) is 18.9 Å². The molecule has 7 heteroatoms. The van der Waals surface area contributed by atoms with Crippen LogP contribution in [0.4, 0.5) is 0 Å². The molecule has 2 rings (SSSR count). The van der Waals surface area contributed by atoms with Gasteiger partial charge >= 0.3 is 0 Å². The van der Waals surface area contributed by atoms with Gasteiger partial charge in [0.05, 0.1) is 12.7 Å². The number of nitrogens with one attached hydrogen (secondary N) is 2. The van der Waals surface area contributed by atoms with E-state index in [2.05, 4.69) is 27.5 Å². The zero-order valence-corrected chi connectivity index (χ0v) is 14.4. The SMILES string of the molecule is C=CCCC(=O)NCCn1cc(C(=O)NCc2ccc(C)cc2)nn1. The molecule has 0 spiro atoms. The minimum atomic E-state index is -0.276. The number of aromatic nitrogens is 3. The van der Waals surface area contributed by atoms with Crippen LogP contribution in [-0.2, 0) is 17.9 Å². The molecule has 2 aromatic rings. The van der Waals surface area contributed by atoms with Crippen LogP contribution < -0.4 is 10.6 Å². The Bertz CT molecular complexity index is 721. The molecule has 0 bridgehead atoms. The molecular formula is C18H23N5O2. The highest BCUT2D eigenvalue weighted by atomic mass is 16.2. The summed E-state index contributed by atoms with van der Waals surface area (Å²) in [6.45, 7) is 6.92. The van der Waals surface area contributed by atoms with Crippen molar-refractivity contribution in [2.45, 2.75) is 32.9 Å². The predicted octanol–water partition coefficient (Wildman–Crippen LogP) is 1.60. The number of hydrogen-bond donors (Lipinski definition) is 2. The van der Waals surface area contributed by atoms with Crippen molar-refractivity contribution in [1.82, 2.24) is 25.6 Å². The number of hydrogen-bond acceptors (Lipinski definition) is 4. The van der Waals surface area contributed by atoms with E-state index in [4.69, 9.17) is 0 Å². The molecule has 1 heterocycles. The van der Waals surface area contributed by atoms with E-state index >= 15 is 0 Å². The summed E-state index contributed by atoms with van der Waals surface area (Å²) in [6.07, 6.45) is 4.35. The first-order valence-corrected chi connectivity index (χ1v) is 8.20. The molecule has 0 aliphatic heterocycles. The molecule has 2 amide bonds. The first kappa shape index (κ1) is 18.4. The molecule has 0 aliphatic carbocycles. The third-order valence-electron chi connectivity index (χ3n) is 3.58. The maximum Gasteiger partial charge on any atom is 0.273 e. The molecule has 0 aliphatic rings. The van der Waals surface area contributed by atoms with Crippen LogP contribution in [0.2, 0.25) is 0 Å². The second kappa shape index (κ2) is 9.36. The Hall–Kier alpha value is -2.96. The topological polar surface area (TPSA) is 88.9 Å². The lowest BCUT2D eigenvalue weighted by Crippen LogP contribution is -2.27. The largest absolute Gasteiger partial charge is 0.354 e. The lowest BCUT2D eigenvalue weighted by Gasteiger charge is -2.04. The number of rotatable bonds is 9. The van der Waals surface area contributed by atoms with E-state index in [0.717, 1.165) is 5.56 Å². The highest BCUT2D eigenvalue weighted by Gasteiger charge is 2.10. The average molecular weight is 341 g/mol. The second-order valence-corrected chi connectivity index (χ2v) is 5.71. The van der Waals surface area contributed by atoms with E-state index in [0.29, 0.717) is 32.5 Å². The molecule has 1 aromatic heterocycles. The van der Waals surface area contributed by atoms with Crippen LogP contribution in [0.5, 0.6) is 0 Å². The zero-order valence-electron chi connectivity index (χ0n) is 14.4. The summed E-state index contributed by atoms with van der Waals surface area (Å²) in [4.78, 5) is 23.6. The third-order valence-corrected chi connectivity index (χ3v) is 3.58. The molecule has 25 heavy (non-hydrogen) atoms. The fraction of sp³-hybridized carbons (Fsp3) is 0.333. The molecule has 1 aromatic carbocycles. The molecule has 0 saturated carbocycles. The molecule has 0 saturated heterocycles. The van der Waals surface area contributed by atoms with Crippen LogP contribution in [0.3, 0.4) is 0 Å². The lowest BCUT2D eigenvalue weighted by atomic mass is 10.1. The van der Waals surface area contributed by atoms with E-state index in [1.165, 1.54) is 10.2 Å². The molecule has 0 unspecified atom stereocenters. The maximum absolute atomic E-state index is 12.1. The summed E-state index contributed by atoms with van der Waals surface area (Å²) in [5.41, 5.74) is 2.45. The first-order valence-electron chi connectivity index (χ1n) is 8.20. The number of carbonyl (C=O) groups excluding carboxylic acids is 2. The minimum Gasteiger partial charge on any atom is -0.354 e. The van der Waals surface area contributed by atoms with Gasteiger partial charge in [-0.15, -0.1) is 11.7 Å². The number of aryl methyl sites for hydroxylation is 1. The van der Waals surface area contributed by atoms with Crippen molar-refractivity contribution in [3.63, 3.8) is 0 Å². The molecule has 0 fully saturated rings. The summed E-state index contributed by atoms with van der Waals surface area (Å²) < 4.78 is 1.54. The monoisotopic (exact) mass is 341 g/mol. The average Bonchev–Trinajstić information content (AvgIpc) is 3.08. The van der Waals surface area contributed by atoms with Crippen LogP contribution in [-0.4, -0.2) is 33.4 Å². The Morgan fingerprint density at radius 3 is 2.72 bits per heavy atom. The van der Waals surface area contributed by atoms with Crippen LogP contribution in [0, 0.1) is 6.92 Å². The summed E-state index contributed by atoms with van der Waals surface area (Å²) in [6, 6.07) is 7.95. The van der Waals surface area contributed by atoms with Gasteiger partial charge in [-0.3, -0.25) is 9.59 Å². The fourth-order valence-electron chi connectivity index (χ4n) is 2.12. The second-order valence-electron chi connectivity index (χ2n) is 5.71. The Labute approximate surface area is 147 Å². The van der Waals surface area contributed by atoms with E-state index < -0.39 is 0 Å². The number of amides is 2. The summed E-state index contributed by atoms with van der Waals surface area (Å²) in [5, 5.41) is 13.4. The summed E-state index contributed by atoms with van der Waals surface area (Å²) in [7, 11) is 0. The Balaban J connectivity index is 1.75. The summed E-state index contributed by atoms with van der Waals surface area (Å²) in [5.74, 6) is -0.307. The number of allylic oxidation sites excluding steroid dienone is 1. The number of carbonyl (C=O) groups is 2. The van der Waals surface area contributed by atoms with Gasteiger partial charge in [-0.25, -0.2) is 4.68 Å². The van der Waals surface area contributed by atoms with Gasteiger partial charge < -0.3 is 10.6 Å². The standard InChI is InChI=1S/C18H23N5O2/c1-3-4-5-17(24)19-10-11-23-13-16(21-22-23)18(25)20-12-15-8-6-14(2)7-9-15/h3,6-9,13H,1,4-5,10-12H2,2H3,(H,19,24)(H,20,25). The lowest BCUT2D eigenvalue weighted by molar-refractivity contribution is -0.121.